The first-order valence-corrected chi connectivity index (χ1v) is 12.6. The maximum absolute atomic E-state index is 13.9. The Hall–Kier alpha value is -5.06. The zero-order valence-electron chi connectivity index (χ0n) is 21.2. The van der Waals surface area contributed by atoms with Gasteiger partial charge < -0.3 is 20.2 Å². The molecule has 0 unspecified atom stereocenters. The van der Waals surface area contributed by atoms with E-state index in [1.165, 1.54) is 12.1 Å². The highest BCUT2D eigenvalue weighted by molar-refractivity contribution is 7.21. The molecular formula is C27H12F9N3O4S. The van der Waals surface area contributed by atoms with Gasteiger partial charge in [0.15, 0.2) is 11.5 Å². The van der Waals surface area contributed by atoms with Crippen LogP contribution in [0.1, 0.15) is 31.7 Å². The van der Waals surface area contributed by atoms with E-state index in [1.54, 1.807) is 0 Å². The Morgan fingerprint density at radius 2 is 1.52 bits per heavy atom. The Bertz CT molecular complexity index is 1920. The Labute approximate surface area is 242 Å². The molecule has 7 nitrogen and oxygen atoms in total. The maximum Gasteiger partial charge on any atom is 0.433 e. The van der Waals surface area contributed by atoms with Gasteiger partial charge in [0.1, 0.15) is 33.6 Å². The molecule has 3 aromatic heterocycles. The van der Waals surface area contributed by atoms with Crippen LogP contribution in [0.15, 0.2) is 46.9 Å². The van der Waals surface area contributed by atoms with Crippen LogP contribution in [0.2, 0.25) is 0 Å². The van der Waals surface area contributed by atoms with Gasteiger partial charge in [0, 0.05) is 5.39 Å². The molecule has 228 valence electrons. The summed E-state index contributed by atoms with van der Waals surface area (Å²) in [7, 11) is 0. The summed E-state index contributed by atoms with van der Waals surface area (Å²) in [6, 6.07) is 7.02. The van der Waals surface area contributed by atoms with Gasteiger partial charge in [0.05, 0.1) is 5.69 Å². The normalized spacial score (nSPS) is 11.7. The molecule has 0 saturated heterocycles. The number of pyridine rings is 1. The number of hydrogen-bond acceptors (Lipinski definition) is 6. The number of halogens is 9. The molecule has 3 N–H and O–H groups in total. The van der Waals surface area contributed by atoms with E-state index in [0.717, 1.165) is 24.3 Å². The number of amides is 2. The predicted molar refractivity (Wildman–Crippen MR) is 136 cm³/mol. The number of thiophene rings is 1. The molecule has 2 amide bonds. The predicted octanol–water partition coefficient (Wildman–Crippen LogP) is 7.34. The summed E-state index contributed by atoms with van der Waals surface area (Å²) in [6.45, 7) is -0.904. The number of hydrogen-bond donors (Lipinski definition) is 2. The van der Waals surface area contributed by atoms with Crippen molar-refractivity contribution in [2.45, 2.75) is 12.8 Å². The number of nitrogens with one attached hydrogen (secondary N) is 1. The number of ether oxygens (including phenoxy) is 1. The number of anilines is 1. The highest BCUT2D eigenvalue weighted by Gasteiger charge is 2.35. The van der Waals surface area contributed by atoms with Crippen molar-refractivity contribution in [3.63, 3.8) is 0 Å². The highest BCUT2D eigenvalue weighted by Crippen LogP contribution is 2.44. The molecule has 0 spiro atoms. The quantitative estimate of drug-likeness (QED) is 0.109. The Kier molecular flexibility index (Phi) is 7.75. The van der Waals surface area contributed by atoms with Crippen LogP contribution >= 0.6 is 11.3 Å². The summed E-state index contributed by atoms with van der Waals surface area (Å²) >= 11 is 0.444. The van der Waals surface area contributed by atoms with E-state index in [-0.39, 0.29) is 32.8 Å². The molecule has 17 heteroatoms. The number of carbonyl (C=O) groups is 2. The van der Waals surface area contributed by atoms with Gasteiger partial charge in [-0.2, -0.15) is 22.0 Å². The second-order valence-corrected chi connectivity index (χ2v) is 9.82. The molecule has 3 heterocycles. The van der Waals surface area contributed by atoms with E-state index in [1.807, 2.05) is 0 Å². The first kappa shape index (κ1) is 30.4. The highest BCUT2D eigenvalue weighted by atomic mass is 32.1. The molecule has 0 saturated carbocycles. The Morgan fingerprint density at radius 1 is 0.909 bits per heavy atom. The minimum Gasteiger partial charge on any atom is -0.479 e. The number of furan rings is 1. The fraction of sp³-hybridized carbons (Fsp3) is 0.0741. The molecule has 0 atom stereocenters. The lowest BCUT2D eigenvalue weighted by molar-refractivity contribution is -0.140. The average molecular weight is 645 g/mol. The fourth-order valence-corrected chi connectivity index (χ4v) is 5.01. The van der Waals surface area contributed by atoms with Gasteiger partial charge in [0.2, 0.25) is 29.1 Å². The lowest BCUT2D eigenvalue weighted by Gasteiger charge is -2.12. The first-order chi connectivity index (χ1) is 20.7. The number of fused-ring (bicyclic) bond motifs is 1. The largest absolute Gasteiger partial charge is 0.479 e. The molecular weight excluding hydrogens is 633 g/mol. The maximum atomic E-state index is 13.9. The number of alkyl halides is 3. The molecule has 0 aliphatic rings. The van der Waals surface area contributed by atoms with Crippen molar-refractivity contribution < 1.29 is 58.3 Å². The van der Waals surface area contributed by atoms with Crippen molar-refractivity contribution in [1.82, 2.24) is 4.98 Å². The van der Waals surface area contributed by atoms with E-state index in [4.69, 9.17) is 10.2 Å². The van der Waals surface area contributed by atoms with Gasteiger partial charge in [0.25, 0.3) is 11.8 Å². The van der Waals surface area contributed by atoms with Crippen LogP contribution in [0.3, 0.4) is 0 Å². The number of nitrogens with zero attached hydrogens (tertiary/aromatic N) is 1. The van der Waals surface area contributed by atoms with Gasteiger partial charge in [-0.1, -0.05) is 12.1 Å². The van der Waals surface area contributed by atoms with Crippen LogP contribution < -0.4 is 15.8 Å². The van der Waals surface area contributed by atoms with E-state index in [9.17, 15) is 49.1 Å². The van der Waals surface area contributed by atoms with Crippen molar-refractivity contribution in [2.24, 2.45) is 5.73 Å². The van der Waals surface area contributed by atoms with Crippen LogP contribution in [0.5, 0.6) is 5.75 Å². The standard InChI is InChI=1S/C27H12F9N3O4S/c28-10-3-1-9(2-4-10)12-7-14(27(34,35)36)38-26-15(12)21(23(44-26)24(37)40)39-25(41)13-6-5-11(43-13)8-42-22-19(32)17(30)16(29)18(31)20(22)33/h1-7H,8H2,(H2,37,40)(H,39,41). The van der Waals surface area contributed by atoms with Crippen molar-refractivity contribution in [1.29, 1.82) is 0 Å². The topological polar surface area (TPSA) is 107 Å². The molecule has 5 rings (SSSR count). The number of benzene rings is 2. The fourth-order valence-electron chi connectivity index (χ4n) is 4.00. The van der Waals surface area contributed by atoms with E-state index in [0.29, 0.717) is 17.4 Å². The number of carbonyl (C=O) groups excluding carboxylic acids is 2. The summed E-state index contributed by atoms with van der Waals surface area (Å²) in [5.41, 5.74) is 3.62. The van der Waals surface area contributed by atoms with Crippen LogP contribution in [0.25, 0.3) is 21.3 Å². The lowest BCUT2D eigenvalue weighted by atomic mass is 10.0. The lowest BCUT2D eigenvalue weighted by Crippen LogP contribution is -2.16. The minimum atomic E-state index is -4.92. The molecule has 0 fully saturated rings. The smallest absolute Gasteiger partial charge is 0.433 e. The molecule has 2 aromatic carbocycles. The average Bonchev–Trinajstić information content (AvgIpc) is 3.60. The SMILES string of the molecule is NC(=O)c1sc2nc(C(F)(F)F)cc(-c3ccc(F)cc3)c2c1NC(=O)c1ccc(COc2c(F)c(F)c(F)c(F)c2F)o1. The molecule has 0 aliphatic carbocycles. The van der Waals surface area contributed by atoms with Crippen molar-refractivity contribution in [3.8, 4) is 16.9 Å². The second-order valence-electron chi connectivity index (χ2n) is 8.82. The van der Waals surface area contributed by atoms with E-state index >= 15 is 0 Å². The summed E-state index contributed by atoms with van der Waals surface area (Å²) in [4.78, 5) is 28.1. The van der Waals surface area contributed by atoms with Gasteiger partial charge in [-0.3, -0.25) is 9.59 Å². The number of primary amides is 1. The van der Waals surface area contributed by atoms with Crippen LogP contribution in [-0.4, -0.2) is 16.8 Å². The Morgan fingerprint density at radius 3 is 2.11 bits per heavy atom. The van der Waals surface area contributed by atoms with Gasteiger partial charge >= 0.3 is 6.18 Å². The summed E-state index contributed by atoms with van der Waals surface area (Å²) in [5, 5.41) is 2.18. The van der Waals surface area contributed by atoms with Crippen molar-refractivity contribution in [3.05, 3.63) is 99.5 Å². The van der Waals surface area contributed by atoms with E-state index < -0.39 is 81.6 Å². The van der Waals surface area contributed by atoms with Crippen LogP contribution in [0, 0.1) is 34.9 Å². The molecule has 0 aliphatic heterocycles. The summed E-state index contributed by atoms with van der Waals surface area (Å²) < 4.78 is 132. The van der Waals surface area contributed by atoms with Crippen LogP contribution in [-0.2, 0) is 12.8 Å². The van der Waals surface area contributed by atoms with Crippen molar-refractivity contribution in [2.75, 3.05) is 5.32 Å². The monoisotopic (exact) mass is 645 g/mol. The third-order valence-corrected chi connectivity index (χ3v) is 7.08. The van der Waals surface area contributed by atoms with Gasteiger partial charge in [-0.05, 0) is 41.5 Å². The molecule has 0 radical (unpaired) electrons. The van der Waals surface area contributed by atoms with Crippen molar-refractivity contribution >= 4 is 39.1 Å². The third-order valence-electron chi connectivity index (χ3n) is 5.98. The first-order valence-electron chi connectivity index (χ1n) is 11.8. The zero-order valence-corrected chi connectivity index (χ0v) is 22.0. The number of rotatable bonds is 7. The summed E-state index contributed by atoms with van der Waals surface area (Å²) in [6.07, 6.45) is -4.92. The van der Waals surface area contributed by atoms with E-state index in [2.05, 4.69) is 15.0 Å². The molecule has 0 bridgehead atoms. The van der Waals surface area contributed by atoms with Gasteiger partial charge in [-0.15, -0.1) is 11.3 Å². The number of nitrogens with two attached hydrogens (primary N) is 1. The second kappa shape index (κ2) is 11.2. The van der Waals surface area contributed by atoms with Gasteiger partial charge in [-0.25, -0.2) is 22.5 Å². The molecule has 44 heavy (non-hydrogen) atoms. The third kappa shape index (κ3) is 5.52. The zero-order chi connectivity index (χ0) is 32.1. The molecule has 5 aromatic rings. The Balaban J connectivity index is 1.50. The van der Waals surface area contributed by atoms with Crippen LogP contribution in [0.4, 0.5) is 45.2 Å². The minimum absolute atomic E-state index is 0.0687. The number of aromatic nitrogens is 1. The summed E-state index contributed by atoms with van der Waals surface area (Å²) in [5.74, 6) is -16.8.